The van der Waals surface area contributed by atoms with Crippen LogP contribution in [0.5, 0.6) is 0 Å². The summed E-state index contributed by atoms with van der Waals surface area (Å²) < 4.78 is 5.63. The van der Waals surface area contributed by atoms with Crippen molar-refractivity contribution >= 4 is 5.91 Å². The number of ether oxygens (including phenoxy) is 1. The van der Waals surface area contributed by atoms with E-state index < -0.39 is 5.54 Å². The molecule has 0 saturated heterocycles. The van der Waals surface area contributed by atoms with Crippen molar-refractivity contribution in [2.24, 2.45) is 11.1 Å². The predicted molar refractivity (Wildman–Crippen MR) is 68.7 cm³/mol. The molecule has 1 aliphatic rings. The van der Waals surface area contributed by atoms with Crippen molar-refractivity contribution in [1.82, 2.24) is 4.90 Å². The largest absolute Gasteiger partial charge is 0.378 e. The maximum atomic E-state index is 12.3. The van der Waals surface area contributed by atoms with Gasteiger partial charge in [-0.15, -0.1) is 0 Å². The smallest absolute Gasteiger partial charge is 0.243 e. The summed E-state index contributed by atoms with van der Waals surface area (Å²) in [6.07, 6.45) is 1.67. The predicted octanol–water partition coefficient (Wildman–Crippen LogP) is 1.39. The van der Waals surface area contributed by atoms with Crippen LogP contribution in [0.1, 0.15) is 40.5 Å². The maximum absolute atomic E-state index is 12.3. The first-order valence-corrected chi connectivity index (χ1v) is 6.47. The molecule has 4 nitrogen and oxygen atoms in total. The Labute approximate surface area is 104 Å². The molecule has 2 atom stereocenters. The third kappa shape index (κ3) is 2.20. The summed E-state index contributed by atoms with van der Waals surface area (Å²) in [5.41, 5.74) is 5.25. The molecule has 0 radical (unpaired) electrons. The summed E-state index contributed by atoms with van der Waals surface area (Å²) in [5.74, 6) is 0.0419. The van der Waals surface area contributed by atoms with Crippen LogP contribution in [0.15, 0.2) is 0 Å². The molecule has 1 aliphatic carbocycles. The van der Waals surface area contributed by atoms with Crippen LogP contribution >= 0.6 is 0 Å². The molecule has 0 bridgehead atoms. The van der Waals surface area contributed by atoms with Gasteiger partial charge in [-0.1, -0.05) is 20.8 Å². The average molecular weight is 242 g/mol. The van der Waals surface area contributed by atoms with E-state index in [0.717, 1.165) is 13.0 Å². The van der Waals surface area contributed by atoms with E-state index >= 15 is 0 Å². The van der Waals surface area contributed by atoms with Crippen LogP contribution < -0.4 is 5.73 Å². The highest BCUT2D eigenvalue weighted by Gasteiger charge is 2.63. The molecule has 1 saturated carbocycles. The molecule has 17 heavy (non-hydrogen) atoms. The highest BCUT2D eigenvalue weighted by Crippen LogP contribution is 2.50. The number of hydrogen-bond acceptors (Lipinski definition) is 3. The number of amides is 1. The Bertz CT molecular complexity index is 291. The van der Waals surface area contributed by atoms with Crippen molar-refractivity contribution in [3.8, 4) is 0 Å². The fourth-order valence-corrected chi connectivity index (χ4v) is 2.58. The normalized spacial score (nSPS) is 30.8. The van der Waals surface area contributed by atoms with Crippen LogP contribution in [0.4, 0.5) is 0 Å². The summed E-state index contributed by atoms with van der Waals surface area (Å²) in [6, 6.07) is 0. The molecule has 100 valence electrons. The summed E-state index contributed by atoms with van der Waals surface area (Å²) in [4.78, 5) is 14.1. The molecule has 1 fully saturated rings. The Morgan fingerprint density at radius 1 is 1.47 bits per heavy atom. The molecule has 4 heteroatoms. The van der Waals surface area contributed by atoms with E-state index in [0.29, 0.717) is 13.0 Å². The SMILES string of the molecule is CCCN(C)C(=O)C1(N)CC(OCC)C1(C)C. The van der Waals surface area contributed by atoms with E-state index in [1.54, 1.807) is 4.90 Å². The van der Waals surface area contributed by atoms with Crippen LogP contribution in [0.25, 0.3) is 0 Å². The van der Waals surface area contributed by atoms with Crippen LogP contribution in [-0.4, -0.2) is 42.6 Å². The van der Waals surface area contributed by atoms with Gasteiger partial charge in [0.2, 0.25) is 5.91 Å². The van der Waals surface area contributed by atoms with Crippen molar-refractivity contribution in [3.05, 3.63) is 0 Å². The Kier molecular flexibility index (Phi) is 4.20. The molecule has 0 heterocycles. The third-order valence-corrected chi connectivity index (χ3v) is 4.12. The first-order valence-electron chi connectivity index (χ1n) is 6.47. The van der Waals surface area contributed by atoms with Crippen LogP contribution in [0.2, 0.25) is 0 Å². The fourth-order valence-electron chi connectivity index (χ4n) is 2.58. The molecule has 2 unspecified atom stereocenters. The lowest BCUT2D eigenvalue weighted by atomic mass is 9.54. The summed E-state index contributed by atoms with van der Waals surface area (Å²) >= 11 is 0. The minimum absolute atomic E-state index is 0.0419. The van der Waals surface area contributed by atoms with Crippen molar-refractivity contribution in [2.45, 2.75) is 52.2 Å². The fraction of sp³-hybridized carbons (Fsp3) is 0.923. The van der Waals surface area contributed by atoms with Gasteiger partial charge >= 0.3 is 0 Å². The van der Waals surface area contributed by atoms with Crippen molar-refractivity contribution in [1.29, 1.82) is 0 Å². The van der Waals surface area contributed by atoms with Crippen LogP contribution in [-0.2, 0) is 9.53 Å². The van der Waals surface area contributed by atoms with Gasteiger partial charge in [-0.2, -0.15) is 0 Å². The van der Waals surface area contributed by atoms with Gasteiger partial charge in [0.25, 0.3) is 0 Å². The van der Waals surface area contributed by atoms with E-state index in [1.165, 1.54) is 0 Å². The second-order valence-corrected chi connectivity index (χ2v) is 5.57. The lowest BCUT2D eigenvalue weighted by molar-refractivity contribution is -0.178. The zero-order chi connectivity index (χ0) is 13.3. The van der Waals surface area contributed by atoms with Gasteiger partial charge in [0, 0.05) is 32.0 Å². The number of carbonyl (C=O) groups is 1. The first-order chi connectivity index (χ1) is 7.81. The minimum atomic E-state index is -0.767. The molecular formula is C13H26N2O2. The van der Waals surface area contributed by atoms with Crippen molar-refractivity contribution in [2.75, 3.05) is 20.2 Å². The lowest BCUT2D eigenvalue weighted by Gasteiger charge is -2.58. The van der Waals surface area contributed by atoms with Gasteiger partial charge in [0.15, 0.2) is 0 Å². The van der Waals surface area contributed by atoms with Crippen molar-refractivity contribution < 1.29 is 9.53 Å². The molecule has 0 aromatic rings. The molecule has 2 N–H and O–H groups in total. The van der Waals surface area contributed by atoms with Gasteiger partial charge in [0.05, 0.1) is 6.10 Å². The number of nitrogens with two attached hydrogens (primary N) is 1. The second kappa shape index (κ2) is 4.94. The molecule has 1 rings (SSSR count). The molecular weight excluding hydrogens is 216 g/mol. The van der Waals surface area contributed by atoms with Crippen LogP contribution in [0.3, 0.4) is 0 Å². The Hall–Kier alpha value is -0.610. The van der Waals surface area contributed by atoms with Crippen LogP contribution in [0, 0.1) is 5.41 Å². The highest BCUT2D eigenvalue weighted by atomic mass is 16.5. The molecule has 0 aromatic carbocycles. The zero-order valence-corrected chi connectivity index (χ0v) is 11.7. The lowest BCUT2D eigenvalue weighted by Crippen LogP contribution is -2.75. The second-order valence-electron chi connectivity index (χ2n) is 5.57. The summed E-state index contributed by atoms with van der Waals surface area (Å²) in [7, 11) is 1.82. The van der Waals surface area contributed by atoms with E-state index in [-0.39, 0.29) is 17.4 Å². The van der Waals surface area contributed by atoms with Gasteiger partial charge in [-0.3, -0.25) is 4.79 Å². The van der Waals surface area contributed by atoms with Gasteiger partial charge < -0.3 is 15.4 Å². The molecule has 0 aliphatic heterocycles. The van der Waals surface area contributed by atoms with Gasteiger partial charge in [-0.05, 0) is 13.3 Å². The number of likely N-dealkylation sites (N-methyl/N-ethyl adjacent to an activating group) is 1. The Balaban J connectivity index is 2.74. The number of rotatable bonds is 5. The Morgan fingerprint density at radius 2 is 2.06 bits per heavy atom. The van der Waals surface area contributed by atoms with Gasteiger partial charge in [0.1, 0.15) is 5.54 Å². The first kappa shape index (κ1) is 14.5. The topological polar surface area (TPSA) is 55.6 Å². The highest BCUT2D eigenvalue weighted by molar-refractivity contribution is 5.88. The van der Waals surface area contributed by atoms with E-state index in [1.807, 2.05) is 27.8 Å². The van der Waals surface area contributed by atoms with E-state index in [2.05, 4.69) is 6.92 Å². The third-order valence-electron chi connectivity index (χ3n) is 4.12. The quantitative estimate of drug-likeness (QED) is 0.792. The average Bonchev–Trinajstić information content (AvgIpc) is 2.27. The van der Waals surface area contributed by atoms with E-state index in [4.69, 9.17) is 10.5 Å². The zero-order valence-electron chi connectivity index (χ0n) is 11.7. The standard InChI is InChI=1S/C13H26N2O2/c1-6-8-15(5)11(16)13(14)9-10(17-7-2)12(13,3)4/h10H,6-9,14H2,1-5H3. The number of hydrogen-bond donors (Lipinski definition) is 1. The summed E-state index contributed by atoms with van der Waals surface area (Å²) in [6.45, 7) is 9.50. The minimum Gasteiger partial charge on any atom is -0.378 e. The van der Waals surface area contributed by atoms with Gasteiger partial charge in [-0.25, -0.2) is 0 Å². The molecule has 0 aromatic heterocycles. The summed E-state index contributed by atoms with van der Waals surface area (Å²) in [5, 5.41) is 0. The molecule has 1 amide bonds. The van der Waals surface area contributed by atoms with Crippen molar-refractivity contribution in [3.63, 3.8) is 0 Å². The van der Waals surface area contributed by atoms with E-state index in [9.17, 15) is 4.79 Å². The number of carbonyl (C=O) groups excluding carboxylic acids is 1. The maximum Gasteiger partial charge on any atom is 0.243 e. The number of nitrogens with zero attached hydrogens (tertiary/aromatic N) is 1. The molecule has 0 spiro atoms. The monoisotopic (exact) mass is 242 g/mol. The Morgan fingerprint density at radius 3 is 2.47 bits per heavy atom.